The molecular formula is C27H46O6. The molecule has 190 valence electrons. The number of unbranched alkanes of at least 4 members (excludes halogenated alkanes) is 10. The molecule has 0 aromatic heterocycles. The van der Waals surface area contributed by atoms with Crippen molar-refractivity contribution >= 4 is 17.9 Å². The van der Waals surface area contributed by atoms with E-state index in [1.165, 1.54) is 70.8 Å². The van der Waals surface area contributed by atoms with Crippen LogP contribution >= 0.6 is 0 Å². The molecule has 0 bridgehead atoms. The summed E-state index contributed by atoms with van der Waals surface area (Å²) in [6.45, 7) is 15.2. The highest BCUT2D eigenvalue weighted by atomic mass is 16.5. The van der Waals surface area contributed by atoms with Crippen molar-refractivity contribution in [2.24, 2.45) is 0 Å². The van der Waals surface area contributed by atoms with Crippen molar-refractivity contribution in [2.75, 3.05) is 13.2 Å². The first-order valence-corrected chi connectivity index (χ1v) is 12.3. The van der Waals surface area contributed by atoms with Gasteiger partial charge in [-0.15, -0.1) is 0 Å². The number of esters is 2. The Kier molecular flexibility index (Phi) is 22.7. The van der Waals surface area contributed by atoms with E-state index < -0.39 is 11.9 Å². The minimum Gasteiger partial charge on any atom is -0.478 e. The molecule has 0 saturated heterocycles. The molecule has 0 aliphatic carbocycles. The molecule has 0 aromatic rings. The Bertz CT molecular complexity index is 618. The van der Waals surface area contributed by atoms with Gasteiger partial charge in [0.1, 0.15) is 0 Å². The average Bonchev–Trinajstić information content (AvgIpc) is 2.77. The summed E-state index contributed by atoms with van der Waals surface area (Å²) < 4.78 is 9.89. The van der Waals surface area contributed by atoms with Crippen molar-refractivity contribution in [1.29, 1.82) is 0 Å². The lowest BCUT2D eigenvalue weighted by atomic mass is 10.1. The van der Waals surface area contributed by atoms with Gasteiger partial charge in [0.25, 0.3) is 0 Å². The van der Waals surface area contributed by atoms with E-state index in [2.05, 4.69) is 20.1 Å². The highest BCUT2D eigenvalue weighted by molar-refractivity contribution is 5.94. The fourth-order valence-corrected chi connectivity index (χ4v) is 2.66. The minimum atomic E-state index is -1.07. The Morgan fingerprint density at radius 2 is 1.12 bits per heavy atom. The second-order valence-corrected chi connectivity index (χ2v) is 8.25. The molecule has 0 fully saturated rings. The molecule has 0 unspecified atom stereocenters. The van der Waals surface area contributed by atoms with E-state index in [4.69, 9.17) is 14.6 Å². The van der Waals surface area contributed by atoms with Crippen molar-refractivity contribution < 1.29 is 29.0 Å². The molecule has 0 heterocycles. The Hall–Kier alpha value is -2.37. The van der Waals surface area contributed by atoms with Gasteiger partial charge in [0.2, 0.25) is 0 Å². The molecule has 0 rings (SSSR count). The number of hydrogen-bond acceptors (Lipinski definition) is 5. The van der Waals surface area contributed by atoms with Gasteiger partial charge in [0, 0.05) is 11.1 Å². The zero-order chi connectivity index (χ0) is 25.5. The van der Waals surface area contributed by atoms with Crippen molar-refractivity contribution in [3.8, 4) is 0 Å². The van der Waals surface area contributed by atoms with Gasteiger partial charge in [-0.25, -0.2) is 14.4 Å². The third kappa shape index (κ3) is 22.6. The van der Waals surface area contributed by atoms with Crippen LogP contribution in [0.3, 0.4) is 0 Å². The summed E-state index contributed by atoms with van der Waals surface area (Å²) in [6.07, 6.45) is 15.9. The number of ether oxygens (including phenoxy) is 2. The largest absolute Gasteiger partial charge is 0.478 e. The van der Waals surface area contributed by atoms with E-state index in [0.29, 0.717) is 18.8 Å². The molecule has 0 radical (unpaired) electrons. The fraction of sp³-hybridized carbons (Fsp3) is 0.667. The summed E-state index contributed by atoms with van der Waals surface area (Å²) in [5.74, 6) is -1.90. The Balaban J connectivity index is 0. The number of rotatable bonds is 18. The fourth-order valence-electron chi connectivity index (χ4n) is 2.66. The Morgan fingerprint density at radius 1 is 0.697 bits per heavy atom. The summed E-state index contributed by atoms with van der Waals surface area (Å²) in [5, 5.41) is 8.57. The topological polar surface area (TPSA) is 89.9 Å². The van der Waals surface area contributed by atoms with Gasteiger partial charge in [0.15, 0.2) is 0 Å². The van der Waals surface area contributed by atoms with Crippen LogP contribution in [-0.2, 0) is 23.9 Å². The minimum absolute atomic E-state index is 0.0611. The molecule has 0 amide bonds. The summed E-state index contributed by atoms with van der Waals surface area (Å²) in [5.41, 5.74) is 0.612. The number of hydrogen-bond donors (Lipinski definition) is 1. The molecule has 0 aromatic carbocycles. The number of carboxylic acids is 1. The molecule has 0 saturated carbocycles. The maximum absolute atomic E-state index is 11.2. The van der Waals surface area contributed by atoms with Crippen LogP contribution in [0.5, 0.6) is 0 Å². The monoisotopic (exact) mass is 466 g/mol. The van der Waals surface area contributed by atoms with Crippen LogP contribution in [0.4, 0.5) is 0 Å². The van der Waals surface area contributed by atoms with Crippen molar-refractivity contribution in [1.82, 2.24) is 0 Å². The number of carbonyl (C=O) groups excluding carboxylic acids is 2. The van der Waals surface area contributed by atoms with Crippen molar-refractivity contribution in [2.45, 2.75) is 105 Å². The van der Waals surface area contributed by atoms with Crippen LogP contribution < -0.4 is 0 Å². The van der Waals surface area contributed by atoms with Gasteiger partial charge in [-0.1, -0.05) is 91.2 Å². The van der Waals surface area contributed by atoms with Crippen LogP contribution in [0, 0.1) is 0 Å². The molecular weight excluding hydrogens is 420 g/mol. The van der Waals surface area contributed by atoms with Crippen LogP contribution in [-0.4, -0.2) is 36.2 Å². The highest BCUT2D eigenvalue weighted by Crippen LogP contribution is 2.10. The molecule has 0 aliphatic heterocycles. The average molecular weight is 467 g/mol. The van der Waals surface area contributed by atoms with Gasteiger partial charge >= 0.3 is 17.9 Å². The van der Waals surface area contributed by atoms with Crippen molar-refractivity contribution in [3.63, 3.8) is 0 Å². The van der Waals surface area contributed by atoms with Crippen LogP contribution in [0.15, 0.2) is 36.0 Å². The van der Waals surface area contributed by atoms with Gasteiger partial charge in [-0.3, -0.25) is 0 Å². The second kappa shape index (κ2) is 22.8. The van der Waals surface area contributed by atoms with Gasteiger partial charge in [-0.2, -0.15) is 0 Å². The van der Waals surface area contributed by atoms with E-state index in [0.717, 1.165) is 19.3 Å². The van der Waals surface area contributed by atoms with Gasteiger partial charge in [-0.05, 0) is 32.8 Å². The smallest absolute Gasteiger partial charge is 0.337 e. The summed E-state index contributed by atoms with van der Waals surface area (Å²) in [7, 11) is 0. The quantitative estimate of drug-likeness (QED) is 0.102. The van der Waals surface area contributed by atoms with Crippen LogP contribution in [0.1, 0.15) is 105 Å². The zero-order valence-corrected chi connectivity index (χ0v) is 21.4. The van der Waals surface area contributed by atoms with Gasteiger partial charge in [0.05, 0.1) is 18.8 Å². The molecule has 33 heavy (non-hydrogen) atoms. The predicted molar refractivity (Wildman–Crippen MR) is 134 cm³/mol. The van der Waals surface area contributed by atoms with E-state index in [1.54, 1.807) is 6.92 Å². The third-order valence-corrected chi connectivity index (χ3v) is 4.80. The first-order chi connectivity index (χ1) is 15.7. The molecule has 6 nitrogen and oxygen atoms in total. The lowest BCUT2D eigenvalue weighted by Gasteiger charge is -2.04. The zero-order valence-electron chi connectivity index (χ0n) is 21.4. The number of aliphatic carboxylic acids is 1. The lowest BCUT2D eigenvalue weighted by molar-refractivity contribution is -0.139. The normalized spacial score (nSPS) is 10.6. The highest BCUT2D eigenvalue weighted by Gasteiger charge is 2.08. The summed E-state index contributed by atoms with van der Waals surface area (Å²) >= 11 is 0. The molecule has 0 aliphatic rings. The third-order valence-electron chi connectivity index (χ3n) is 4.80. The van der Waals surface area contributed by atoms with E-state index in [1.807, 2.05) is 6.92 Å². The SMILES string of the molecule is C=C(C)C(=O)OCCCCCCCCCCCC.C=C(C=C(C)C(=O)O)C(=O)OCCCC. The molecule has 0 spiro atoms. The lowest BCUT2D eigenvalue weighted by Crippen LogP contribution is -2.08. The number of carbonyl (C=O) groups is 3. The van der Waals surface area contributed by atoms with Crippen molar-refractivity contribution in [3.05, 3.63) is 36.0 Å². The second-order valence-electron chi connectivity index (χ2n) is 8.25. The van der Waals surface area contributed by atoms with Crippen LogP contribution in [0.25, 0.3) is 0 Å². The Morgan fingerprint density at radius 3 is 1.58 bits per heavy atom. The number of carboxylic acid groups (broad SMARTS) is 1. The molecule has 6 heteroatoms. The standard InChI is InChI=1S/C16H30O2.C11H16O4/c1-4-5-6-7-8-9-10-11-12-13-14-18-16(17)15(2)3;1-4-5-6-15-11(14)9(3)7-8(2)10(12)13/h2,4-14H2,1,3H3;7H,3-6H2,1-2H3,(H,12,13). The van der Waals surface area contributed by atoms with E-state index in [-0.39, 0.29) is 17.1 Å². The predicted octanol–water partition coefficient (Wildman–Crippen LogP) is 6.94. The van der Waals surface area contributed by atoms with Crippen LogP contribution in [0.2, 0.25) is 0 Å². The maximum atomic E-state index is 11.2. The molecule has 1 N–H and O–H groups in total. The summed E-state index contributed by atoms with van der Waals surface area (Å²) in [6, 6.07) is 0. The van der Waals surface area contributed by atoms with Gasteiger partial charge < -0.3 is 14.6 Å². The summed E-state index contributed by atoms with van der Waals surface area (Å²) in [4.78, 5) is 32.8. The molecule has 0 atom stereocenters. The van der Waals surface area contributed by atoms with E-state index in [9.17, 15) is 14.4 Å². The van der Waals surface area contributed by atoms with E-state index >= 15 is 0 Å². The Labute approximate surface area is 201 Å². The first kappa shape index (κ1) is 32.8. The maximum Gasteiger partial charge on any atom is 0.337 e. The first-order valence-electron chi connectivity index (χ1n) is 12.3.